The van der Waals surface area contributed by atoms with Gasteiger partial charge in [-0.3, -0.25) is 0 Å². The van der Waals surface area contributed by atoms with Gasteiger partial charge in [0.05, 0.1) is 12.7 Å². The fourth-order valence-corrected chi connectivity index (χ4v) is 3.54. The van der Waals surface area contributed by atoms with Gasteiger partial charge in [0.15, 0.2) is 0 Å². The number of aliphatic hydroxyl groups is 1. The molecule has 1 fully saturated rings. The monoisotopic (exact) mass is 257 g/mol. The van der Waals surface area contributed by atoms with E-state index in [9.17, 15) is 10.4 Å². The number of hydrogen-bond acceptors (Lipinski definition) is 3. The van der Waals surface area contributed by atoms with Gasteiger partial charge in [0.2, 0.25) is 0 Å². The van der Waals surface area contributed by atoms with Crippen molar-refractivity contribution in [2.45, 2.75) is 38.2 Å². The minimum atomic E-state index is -1.05. The van der Waals surface area contributed by atoms with Crippen molar-refractivity contribution in [2.75, 3.05) is 13.2 Å². The van der Waals surface area contributed by atoms with Crippen molar-refractivity contribution in [3.63, 3.8) is 0 Å². The van der Waals surface area contributed by atoms with E-state index in [1.165, 1.54) is 5.56 Å². The second kappa shape index (κ2) is 4.33. The molecule has 2 unspecified atom stereocenters. The highest BCUT2D eigenvalue weighted by molar-refractivity contribution is 5.43. The van der Waals surface area contributed by atoms with Gasteiger partial charge in [-0.25, -0.2) is 0 Å². The minimum absolute atomic E-state index is 0.341. The molecule has 2 atom stereocenters. The first-order chi connectivity index (χ1) is 9.11. The van der Waals surface area contributed by atoms with Crippen molar-refractivity contribution >= 4 is 0 Å². The predicted octanol–water partition coefficient (Wildman–Crippen LogP) is 2.45. The lowest BCUT2D eigenvalue weighted by Gasteiger charge is -2.43. The Bertz CT molecular complexity index is 540. The van der Waals surface area contributed by atoms with Gasteiger partial charge in [-0.15, -0.1) is 0 Å². The maximum atomic E-state index is 11.2. The molecule has 1 heterocycles. The predicted molar refractivity (Wildman–Crippen MR) is 71.5 cm³/mol. The van der Waals surface area contributed by atoms with Crippen molar-refractivity contribution in [3.8, 4) is 6.07 Å². The van der Waals surface area contributed by atoms with Crippen LogP contribution in [0.5, 0.6) is 0 Å². The van der Waals surface area contributed by atoms with Crippen LogP contribution in [0.15, 0.2) is 18.2 Å². The molecule has 1 aliphatic heterocycles. The Labute approximate surface area is 113 Å². The van der Waals surface area contributed by atoms with Gasteiger partial charge < -0.3 is 9.84 Å². The van der Waals surface area contributed by atoms with Crippen molar-refractivity contribution in [1.82, 2.24) is 0 Å². The first kappa shape index (κ1) is 12.7. The summed E-state index contributed by atoms with van der Waals surface area (Å²) in [4.78, 5) is 0. The molecule has 1 N–H and O–H groups in total. The van der Waals surface area contributed by atoms with Crippen molar-refractivity contribution in [1.29, 1.82) is 5.26 Å². The van der Waals surface area contributed by atoms with Gasteiger partial charge in [0.1, 0.15) is 11.0 Å². The average Bonchev–Trinajstić information content (AvgIpc) is 2.78. The molecule has 0 amide bonds. The second-order valence-corrected chi connectivity index (χ2v) is 5.87. The number of benzene rings is 1. The third-order valence-electron chi connectivity index (χ3n) is 4.71. The second-order valence-electron chi connectivity index (χ2n) is 5.87. The third kappa shape index (κ3) is 1.71. The lowest BCUT2D eigenvalue weighted by Crippen LogP contribution is -2.48. The summed E-state index contributed by atoms with van der Waals surface area (Å²) in [5.41, 5.74) is 1.41. The Morgan fingerprint density at radius 2 is 2.21 bits per heavy atom. The largest absolute Gasteiger partial charge is 0.383 e. The van der Waals surface area contributed by atoms with E-state index in [1.54, 1.807) is 0 Å². The van der Waals surface area contributed by atoms with E-state index < -0.39 is 11.0 Å². The van der Waals surface area contributed by atoms with Crippen LogP contribution in [0.25, 0.3) is 0 Å². The van der Waals surface area contributed by atoms with Crippen molar-refractivity contribution < 1.29 is 9.84 Å². The molecule has 1 aromatic carbocycles. The van der Waals surface area contributed by atoms with Crippen molar-refractivity contribution in [3.05, 3.63) is 34.9 Å². The number of fused-ring (bicyclic) bond motifs is 1. The highest BCUT2D eigenvalue weighted by Crippen LogP contribution is 2.52. The normalized spacial score (nSPS) is 33.7. The van der Waals surface area contributed by atoms with Crippen LogP contribution in [0.1, 0.15) is 36.0 Å². The fourth-order valence-electron chi connectivity index (χ4n) is 3.54. The zero-order valence-electron chi connectivity index (χ0n) is 11.3. The lowest BCUT2D eigenvalue weighted by atomic mass is 9.66. The quantitative estimate of drug-likeness (QED) is 0.840. The van der Waals surface area contributed by atoms with Crippen LogP contribution in [0.2, 0.25) is 0 Å². The summed E-state index contributed by atoms with van der Waals surface area (Å²) < 4.78 is 5.52. The molecular weight excluding hydrogens is 238 g/mol. The fraction of sp³-hybridized carbons (Fsp3) is 0.562. The topological polar surface area (TPSA) is 53.2 Å². The zero-order chi connectivity index (χ0) is 13.5. The van der Waals surface area contributed by atoms with Gasteiger partial charge in [0, 0.05) is 6.61 Å². The maximum absolute atomic E-state index is 11.2. The van der Waals surface area contributed by atoms with Crippen LogP contribution in [-0.4, -0.2) is 18.3 Å². The first-order valence-corrected chi connectivity index (χ1v) is 6.93. The van der Waals surface area contributed by atoms with Gasteiger partial charge in [-0.2, -0.15) is 5.26 Å². The summed E-state index contributed by atoms with van der Waals surface area (Å²) in [6.45, 7) is 3.06. The molecule has 0 aromatic heterocycles. The molecule has 3 nitrogen and oxygen atoms in total. The molecule has 2 aliphatic rings. The standard InChI is InChI=1S/C16H19NO2/c1-12-3-4-13-5-7-16(18,14(13)9-12)15(10-17)6-2-8-19-11-15/h3-4,9,18H,2,5-8,11H2,1H3. The Hall–Kier alpha value is -1.37. The van der Waals surface area contributed by atoms with E-state index in [2.05, 4.69) is 18.2 Å². The Balaban J connectivity index is 2.10. The van der Waals surface area contributed by atoms with Crippen LogP contribution >= 0.6 is 0 Å². The molecule has 0 bridgehead atoms. The summed E-state index contributed by atoms with van der Waals surface area (Å²) in [5, 5.41) is 20.9. The average molecular weight is 257 g/mol. The van der Waals surface area contributed by atoms with Crippen molar-refractivity contribution in [2.24, 2.45) is 5.41 Å². The molecule has 1 aromatic rings. The first-order valence-electron chi connectivity index (χ1n) is 6.93. The van der Waals surface area contributed by atoms with E-state index in [4.69, 9.17) is 4.74 Å². The van der Waals surface area contributed by atoms with Crippen LogP contribution in [-0.2, 0) is 16.8 Å². The van der Waals surface area contributed by atoms with E-state index >= 15 is 0 Å². The number of nitrogens with zero attached hydrogens (tertiary/aromatic N) is 1. The molecule has 3 heteroatoms. The molecule has 0 radical (unpaired) electrons. The van der Waals surface area contributed by atoms with Gasteiger partial charge in [-0.1, -0.05) is 23.8 Å². The molecule has 3 rings (SSSR count). The van der Waals surface area contributed by atoms with E-state index in [0.29, 0.717) is 26.1 Å². The summed E-state index contributed by atoms with van der Waals surface area (Å²) in [6.07, 6.45) is 3.03. The summed E-state index contributed by atoms with van der Waals surface area (Å²) >= 11 is 0. The van der Waals surface area contributed by atoms with E-state index in [1.807, 2.05) is 13.0 Å². The highest BCUT2D eigenvalue weighted by Gasteiger charge is 2.55. The SMILES string of the molecule is Cc1ccc2c(c1)C(O)(C1(C#N)CCCOC1)CC2. The minimum Gasteiger partial charge on any atom is -0.383 e. The Morgan fingerprint density at radius 3 is 2.89 bits per heavy atom. The zero-order valence-corrected chi connectivity index (χ0v) is 11.3. The number of hydrogen-bond donors (Lipinski definition) is 1. The van der Waals surface area contributed by atoms with Gasteiger partial charge in [-0.05, 0) is 43.7 Å². The number of rotatable bonds is 1. The third-order valence-corrected chi connectivity index (χ3v) is 4.71. The number of aryl methyl sites for hydroxylation is 2. The van der Waals surface area contributed by atoms with E-state index in [-0.39, 0.29) is 0 Å². The number of ether oxygens (including phenoxy) is 1. The maximum Gasteiger partial charge on any atom is 0.113 e. The molecule has 0 saturated carbocycles. The van der Waals surface area contributed by atoms with Gasteiger partial charge in [0.25, 0.3) is 0 Å². The Kier molecular flexibility index (Phi) is 2.88. The number of nitriles is 1. The molecule has 100 valence electrons. The Morgan fingerprint density at radius 1 is 1.37 bits per heavy atom. The molecule has 19 heavy (non-hydrogen) atoms. The highest BCUT2D eigenvalue weighted by atomic mass is 16.5. The lowest BCUT2D eigenvalue weighted by molar-refractivity contribution is -0.123. The smallest absolute Gasteiger partial charge is 0.113 e. The van der Waals surface area contributed by atoms with E-state index in [0.717, 1.165) is 24.0 Å². The van der Waals surface area contributed by atoms with Crippen LogP contribution < -0.4 is 0 Å². The summed E-state index contributed by atoms with van der Waals surface area (Å²) in [5.74, 6) is 0. The molecule has 1 saturated heterocycles. The molecular formula is C16H19NO2. The summed E-state index contributed by atoms with van der Waals surface area (Å²) in [6, 6.07) is 8.57. The summed E-state index contributed by atoms with van der Waals surface area (Å²) in [7, 11) is 0. The van der Waals surface area contributed by atoms with Crippen LogP contribution in [0, 0.1) is 23.7 Å². The molecule has 1 aliphatic carbocycles. The van der Waals surface area contributed by atoms with Crippen LogP contribution in [0.3, 0.4) is 0 Å². The molecule has 0 spiro atoms. The van der Waals surface area contributed by atoms with Crippen LogP contribution in [0.4, 0.5) is 0 Å². The van der Waals surface area contributed by atoms with Gasteiger partial charge >= 0.3 is 0 Å².